The molecule has 0 amide bonds. The van der Waals surface area contributed by atoms with E-state index in [-0.39, 0.29) is 17.8 Å². The van der Waals surface area contributed by atoms with Crippen molar-refractivity contribution < 1.29 is 9.53 Å². The molecule has 1 aliphatic rings. The van der Waals surface area contributed by atoms with Crippen LogP contribution in [0.4, 0.5) is 0 Å². The molecule has 1 aromatic rings. The summed E-state index contributed by atoms with van der Waals surface area (Å²) in [6.45, 7) is 6.62. The van der Waals surface area contributed by atoms with Gasteiger partial charge in [-0.1, -0.05) is 32.0 Å². The average molecular weight is 260 g/mol. The lowest BCUT2D eigenvalue weighted by Gasteiger charge is -2.19. The molecule has 0 radical (unpaired) electrons. The number of carbonyl (C=O) groups excluding carboxylic acids is 1. The third-order valence-electron chi connectivity index (χ3n) is 3.81. The van der Waals surface area contributed by atoms with E-state index in [1.807, 2.05) is 20.8 Å². The van der Waals surface area contributed by atoms with Crippen molar-refractivity contribution in [2.24, 2.45) is 5.92 Å². The number of rotatable bonds is 6. The molecule has 2 heteroatoms. The molecule has 0 N–H and O–H groups in total. The van der Waals surface area contributed by atoms with Gasteiger partial charge in [-0.25, -0.2) is 0 Å². The average Bonchev–Trinajstić information content (AvgIpc) is 2.82. The molecule has 0 aromatic heterocycles. The maximum Gasteiger partial charge on any atom is 0.166 e. The van der Waals surface area contributed by atoms with Crippen molar-refractivity contribution in [1.29, 1.82) is 0 Å². The SMILES string of the molecule is CCOC(C(=O)Cc1ccc2c(c1)CCC2)C(C)C. The van der Waals surface area contributed by atoms with Gasteiger partial charge in [0.1, 0.15) is 6.10 Å². The van der Waals surface area contributed by atoms with Crippen LogP contribution in [0, 0.1) is 5.92 Å². The van der Waals surface area contributed by atoms with E-state index in [1.54, 1.807) is 0 Å². The predicted molar refractivity (Wildman–Crippen MR) is 77.4 cm³/mol. The number of ether oxygens (including phenoxy) is 1. The van der Waals surface area contributed by atoms with Crippen molar-refractivity contribution in [2.45, 2.75) is 52.6 Å². The Kier molecular flexibility index (Phi) is 4.76. The lowest BCUT2D eigenvalue weighted by molar-refractivity contribution is -0.132. The summed E-state index contributed by atoms with van der Waals surface area (Å²) < 4.78 is 5.58. The zero-order valence-electron chi connectivity index (χ0n) is 12.2. The van der Waals surface area contributed by atoms with Crippen LogP contribution in [0.25, 0.3) is 0 Å². The first kappa shape index (κ1) is 14.3. The van der Waals surface area contributed by atoms with Gasteiger partial charge in [-0.3, -0.25) is 4.79 Å². The number of fused-ring (bicyclic) bond motifs is 1. The van der Waals surface area contributed by atoms with E-state index in [2.05, 4.69) is 18.2 Å². The first-order valence-electron chi connectivity index (χ1n) is 7.36. The summed E-state index contributed by atoms with van der Waals surface area (Å²) in [7, 11) is 0. The molecule has 19 heavy (non-hydrogen) atoms. The van der Waals surface area contributed by atoms with E-state index in [0.717, 1.165) is 12.0 Å². The zero-order chi connectivity index (χ0) is 13.8. The van der Waals surface area contributed by atoms with Gasteiger partial charge in [0, 0.05) is 13.0 Å². The first-order chi connectivity index (χ1) is 9.11. The van der Waals surface area contributed by atoms with Gasteiger partial charge < -0.3 is 4.74 Å². The summed E-state index contributed by atoms with van der Waals surface area (Å²) in [6.07, 6.45) is 3.84. The second-order valence-electron chi connectivity index (χ2n) is 5.72. The summed E-state index contributed by atoms with van der Waals surface area (Å²) in [5, 5.41) is 0. The van der Waals surface area contributed by atoms with Gasteiger partial charge in [0.15, 0.2) is 5.78 Å². The van der Waals surface area contributed by atoms with Crippen LogP contribution in [0.5, 0.6) is 0 Å². The molecular formula is C17H24O2. The summed E-state index contributed by atoms with van der Waals surface area (Å²) in [5.41, 5.74) is 4.03. The van der Waals surface area contributed by atoms with Gasteiger partial charge in [0.2, 0.25) is 0 Å². The predicted octanol–water partition coefficient (Wildman–Crippen LogP) is 3.35. The van der Waals surface area contributed by atoms with Crippen LogP contribution in [-0.2, 0) is 28.8 Å². The van der Waals surface area contributed by atoms with Crippen molar-refractivity contribution >= 4 is 5.78 Å². The molecule has 0 bridgehead atoms. The number of aryl methyl sites for hydroxylation is 2. The second-order valence-corrected chi connectivity index (χ2v) is 5.72. The zero-order valence-corrected chi connectivity index (χ0v) is 12.2. The highest BCUT2D eigenvalue weighted by Gasteiger charge is 2.22. The quantitative estimate of drug-likeness (QED) is 0.784. The third kappa shape index (κ3) is 3.44. The molecule has 2 nitrogen and oxygen atoms in total. The van der Waals surface area contributed by atoms with Crippen LogP contribution in [-0.4, -0.2) is 18.5 Å². The van der Waals surface area contributed by atoms with Crippen LogP contribution in [0.15, 0.2) is 18.2 Å². The van der Waals surface area contributed by atoms with E-state index < -0.39 is 0 Å². The fourth-order valence-electron chi connectivity index (χ4n) is 2.87. The van der Waals surface area contributed by atoms with Gasteiger partial charge >= 0.3 is 0 Å². The second kappa shape index (κ2) is 6.33. The van der Waals surface area contributed by atoms with E-state index in [4.69, 9.17) is 4.74 Å². The maximum absolute atomic E-state index is 12.3. The Morgan fingerprint density at radius 2 is 2.00 bits per heavy atom. The summed E-state index contributed by atoms with van der Waals surface area (Å²) in [5.74, 6) is 0.441. The molecule has 0 spiro atoms. The highest BCUT2D eigenvalue weighted by molar-refractivity contribution is 5.85. The molecule has 2 rings (SSSR count). The Morgan fingerprint density at radius 3 is 2.68 bits per heavy atom. The fraction of sp³-hybridized carbons (Fsp3) is 0.588. The number of hydrogen-bond donors (Lipinski definition) is 0. The molecule has 104 valence electrons. The Morgan fingerprint density at radius 1 is 1.26 bits per heavy atom. The Bertz CT molecular complexity index is 449. The van der Waals surface area contributed by atoms with Gasteiger partial charge in [-0.2, -0.15) is 0 Å². The molecule has 1 aromatic carbocycles. The van der Waals surface area contributed by atoms with E-state index in [0.29, 0.717) is 13.0 Å². The van der Waals surface area contributed by atoms with Crippen molar-refractivity contribution in [1.82, 2.24) is 0 Å². The number of ketones is 1. The molecule has 1 aliphatic carbocycles. The standard InChI is InChI=1S/C17H24O2/c1-4-19-17(12(2)3)16(18)11-13-8-9-14-6-5-7-15(14)10-13/h8-10,12,17H,4-7,11H2,1-3H3. The normalized spacial score (nSPS) is 15.6. The Labute approximate surface area is 116 Å². The molecule has 1 atom stereocenters. The van der Waals surface area contributed by atoms with Crippen LogP contribution in [0.1, 0.15) is 43.9 Å². The number of hydrogen-bond acceptors (Lipinski definition) is 2. The summed E-state index contributed by atoms with van der Waals surface area (Å²) in [4.78, 5) is 12.3. The lowest BCUT2D eigenvalue weighted by Crippen LogP contribution is -2.31. The van der Waals surface area contributed by atoms with E-state index >= 15 is 0 Å². The third-order valence-corrected chi connectivity index (χ3v) is 3.81. The Hall–Kier alpha value is -1.15. The summed E-state index contributed by atoms with van der Waals surface area (Å²) >= 11 is 0. The largest absolute Gasteiger partial charge is 0.370 e. The summed E-state index contributed by atoms with van der Waals surface area (Å²) in [6, 6.07) is 6.50. The van der Waals surface area contributed by atoms with Crippen LogP contribution in [0.2, 0.25) is 0 Å². The fourth-order valence-corrected chi connectivity index (χ4v) is 2.87. The molecule has 0 aliphatic heterocycles. The molecule has 1 unspecified atom stereocenters. The van der Waals surface area contributed by atoms with Crippen LogP contribution in [0.3, 0.4) is 0 Å². The topological polar surface area (TPSA) is 26.3 Å². The minimum Gasteiger partial charge on any atom is -0.370 e. The molecule has 0 saturated carbocycles. The highest BCUT2D eigenvalue weighted by Crippen LogP contribution is 2.23. The van der Waals surface area contributed by atoms with Crippen molar-refractivity contribution in [3.05, 3.63) is 34.9 Å². The number of carbonyl (C=O) groups is 1. The smallest absolute Gasteiger partial charge is 0.166 e. The minimum atomic E-state index is -0.266. The van der Waals surface area contributed by atoms with Gasteiger partial charge in [-0.05, 0) is 48.8 Å². The lowest BCUT2D eigenvalue weighted by atomic mass is 9.96. The molecule has 0 fully saturated rings. The first-order valence-corrected chi connectivity index (χ1v) is 7.36. The number of benzene rings is 1. The van der Waals surface area contributed by atoms with Gasteiger partial charge in [-0.15, -0.1) is 0 Å². The van der Waals surface area contributed by atoms with Gasteiger partial charge in [0.05, 0.1) is 0 Å². The monoisotopic (exact) mass is 260 g/mol. The molecule has 0 saturated heterocycles. The van der Waals surface area contributed by atoms with E-state index in [1.165, 1.54) is 24.0 Å². The molecule has 0 heterocycles. The van der Waals surface area contributed by atoms with E-state index in [9.17, 15) is 4.79 Å². The molecular weight excluding hydrogens is 236 g/mol. The maximum atomic E-state index is 12.3. The van der Waals surface area contributed by atoms with Crippen LogP contribution < -0.4 is 0 Å². The van der Waals surface area contributed by atoms with Crippen molar-refractivity contribution in [3.8, 4) is 0 Å². The Balaban J connectivity index is 2.05. The van der Waals surface area contributed by atoms with Crippen molar-refractivity contribution in [3.63, 3.8) is 0 Å². The van der Waals surface area contributed by atoms with Crippen molar-refractivity contribution in [2.75, 3.05) is 6.61 Å². The highest BCUT2D eigenvalue weighted by atomic mass is 16.5. The van der Waals surface area contributed by atoms with Crippen LogP contribution >= 0.6 is 0 Å². The van der Waals surface area contributed by atoms with Gasteiger partial charge in [0.25, 0.3) is 0 Å². The minimum absolute atomic E-state index is 0.204. The number of Topliss-reactive ketones (excluding diaryl/α,β-unsaturated/α-hetero) is 1.